The number of thioether (sulfide) groups is 1. The number of carboxylic acid groups (broad SMARTS) is 1. The van der Waals surface area contributed by atoms with Crippen molar-refractivity contribution in [1.82, 2.24) is 0 Å². The first-order valence-corrected chi connectivity index (χ1v) is 31.2. The predicted octanol–water partition coefficient (Wildman–Crippen LogP) is 15.5. The number of hydrogen-bond donors (Lipinski definition) is 1. The first kappa shape index (κ1) is 84.2. The van der Waals surface area contributed by atoms with Crippen LogP contribution in [0.2, 0.25) is 0 Å². The molecule has 22 heteroatoms. The minimum atomic E-state index is -0.981. The van der Waals surface area contributed by atoms with E-state index in [9.17, 15) is 14.4 Å². The number of hydrogen-bond acceptors (Lipinski definition) is 20. The third kappa shape index (κ3) is 40.9. The number of carbonyl (C=O) groups is 3. The summed E-state index contributed by atoms with van der Waals surface area (Å²) in [6, 6.07) is 31.1. The Kier molecular flexibility index (Phi) is 40.2. The van der Waals surface area contributed by atoms with Gasteiger partial charge in [0.25, 0.3) is 0 Å². The lowest BCUT2D eigenvalue weighted by Gasteiger charge is -2.19. The molecule has 506 valence electrons. The van der Waals surface area contributed by atoms with E-state index < -0.39 is 33.1 Å². The minimum absolute atomic E-state index is 0.0726. The number of carboxylic acids is 1. The summed E-state index contributed by atoms with van der Waals surface area (Å²) in [6.07, 6.45) is 3.80. The van der Waals surface area contributed by atoms with Gasteiger partial charge in [0.05, 0.1) is 57.5 Å². The largest absolute Gasteiger partial charge is 0.497 e. The van der Waals surface area contributed by atoms with Crippen molar-refractivity contribution in [3.8, 4) is 46.6 Å². The zero-order chi connectivity index (χ0) is 70.1. The van der Waals surface area contributed by atoms with Gasteiger partial charge in [0, 0.05) is 32.0 Å². The Morgan fingerprint density at radius 3 is 1.34 bits per heavy atom. The van der Waals surface area contributed by atoms with Crippen molar-refractivity contribution >= 4 is 52.2 Å². The quantitative estimate of drug-likeness (QED) is 0.0167. The predicted molar refractivity (Wildman–Crippen MR) is 365 cm³/mol. The Morgan fingerprint density at radius 1 is 0.609 bits per heavy atom. The molecule has 0 aliphatic heterocycles. The van der Waals surface area contributed by atoms with Gasteiger partial charge in [-0.1, -0.05) is 94.7 Å². The van der Waals surface area contributed by atoms with Gasteiger partial charge in [-0.15, -0.1) is 5.11 Å². The lowest BCUT2D eigenvalue weighted by atomic mass is 9.98. The molecule has 0 spiro atoms. The van der Waals surface area contributed by atoms with E-state index in [4.69, 9.17) is 86.5 Å². The highest BCUT2D eigenvalue weighted by Crippen LogP contribution is 2.31. The van der Waals surface area contributed by atoms with Crippen molar-refractivity contribution < 1.29 is 71.6 Å². The van der Waals surface area contributed by atoms with Gasteiger partial charge >= 0.3 is 23.6 Å². The van der Waals surface area contributed by atoms with Gasteiger partial charge < -0.3 is 57.2 Å². The molecule has 0 aromatic heterocycles. The second-order valence-electron chi connectivity index (χ2n) is 23.8. The number of ether oxygens (including phenoxy) is 11. The SMILES string of the molecule is C=Cc1cc(OC)cc(OCCOCC(=O)OC(C)(C)C)c1.CC(C)(C#N)SC(=S)c1ccccc1.CCC(C)c1cc(OC)cc(OCCOCC(=O)O)c1.CCC(C)c1cc(OC)cc(OCCOCC(=O)OC(C)(C)C)c1.[C-]#[N+]C(C)(C)N=NC(C)(C)C#N. The summed E-state index contributed by atoms with van der Waals surface area (Å²) >= 11 is 6.67. The number of rotatable bonds is 30. The van der Waals surface area contributed by atoms with Crippen LogP contribution in [0.5, 0.6) is 34.5 Å². The van der Waals surface area contributed by atoms with Gasteiger partial charge in [-0.25, -0.2) is 21.0 Å². The highest BCUT2D eigenvalue weighted by atomic mass is 32.2. The Morgan fingerprint density at radius 2 is 0.989 bits per heavy atom. The lowest BCUT2D eigenvalue weighted by molar-refractivity contribution is -0.161. The van der Waals surface area contributed by atoms with Gasteiger partial charge in [0.2, 0.25) is 0 Å². The molecular weight excluding hydrogens is 1210 g/mol. The zero-order valence-corrected chi connectivity index (χ0v) is 59.1. The Balaban J connectivity index is 0.00000115. The number of benzene rings is 4. The molecule has 2 atom stereocenters. The van der Waals surface area contributed by atoms with E-state index in [1.807, 2.05) is 140 Å². The maximum atomic E-state index is 11.5. The van der Waals surface area contributed by atoms with Gasteiger partial charge in [0.1, 0.15) is 90.1 Å². The van der Waals surface area contributed by atoms with Gasteiger partial charge in [-0.05, 0) is 153 Å². The Hall–Kier alpha value is -7.78. The fourth-order valence-corrected chi connectivity index (χ4v) is 8.11. The molecule has 0 saturated carbocycles. The zero-order valence-electron chi connectivity index (χ0n) is 57.5. The fraction of sp³-hybridized carbons (Fsp3) is 0.529. The van der Waals surface area contributed by atoms with Crippen LogP contribution in [0.15, 0.2) is 102 Å². The lowest BCUT2D eigenvalue weighted by Crippen LogP contribution is -2.27. The highest BCUT2D eigenvalue weighted by Gasteiger charge is 2.25. The second kappa shape index (κ2) is 43.9. The van der Waals surface area contributed by atoms with E-state index in [-0.39, 0.29) is 38.4 Å². The standard InChI is InChI=1S/C19H30O5.C17H24O5.C15H22O5.C11H11NS2.C8H12N4/c1-7-14(2)15-10-16(21-6)12-17(11-15)23-9-8-22-13-18(20)24-19(3,4)5;1-6-13-9-14(19-5)11-15(10-13)21-8-7-20-12-16(18)22-17(2,3)4;1-4-11(2)12-7-13(18-3)9-14(8-12)20-6-5-19-10-15(16)17;1-11(2,8-12)14-10(13)9-6-4-3-5-7-9;1-7(2,6-9)11-12-8(3,4)10-5/h10-12,14H,7-9,13H2,1-6H3;6,9-11H,1,7-8,12H2,2-5H3;7-9,11H,4-6,10H2,1-3H3,(H,16,17);3-7H,1-2H3;1-4H3. The molecule has 4 aromatic rings. The van der Waals surface area contributed by atoms with E-state index in [2.05, 4.69) is 55.4 Å². The van der Waals surface area contributed by atoms with E-state index in [0.29, 0.717) is 62.1 Å². The molecule has 20 nitrogen and oxygen atoms in total. The number of nitrogens with zero attached hydrogens (tertiary/aromatic N) is 5. The van der Waals surface area contributed by atoms with Crippen LogP contribution in [0.3, 0.4) is 0 Å². The average molecular weight is 1310 g/mol. The molecule has 0 fully saturated rings. The molecule has 4 aromatic carbocycles. The maximum absolute atomic E-state index is 11.5. The molecule has 0 amide bonds. The minimum Gasteiger partial charge on any atom is -0.497 e. The molecule has 0 aliphatic rings. The Labute approximate surface area is 557 Å². The molecule has 92 heavy (non-hydrogen) atoms. The molecule has 2 unspecified atom stereocenters. The summed E-state index contributed by atoms with van der Waals surface area (Å²) in [5.74, 6) is 3.46. The number of aliphatic carboxylic acids is 1. The van der Waals surface area contributed by atoms with Crippen LogP contribution in [0.1, 0.15) is 158 Å². The van der Waals surface area contributed by atoms with E-state index in [0.717, 1.165) is 51.0 Å². The summed E-state index contributed by atoms with van der Waals surface area (Å²) in [6.45, 7) is 41.7. The summed E-state index contributed by atoms with van der Waals surface area (Å²) in [7, 11) is 4.86. The molecule has 0 aliphatic carbocycles. The molecule has 1 N–H and O–H groups in total. The monoisotopic (exact) mass is 1310 g/mol. The van der Waals surface area contributed by atoms with Crippen LogP contribution in [0, 0.1) is 29.2 Å². The van der Waals surface area contributed by atoms with Gasteiger partial charge in [0.15, 0.2) is 5.54 Å². The molecule has 0 saturated heterocycles. The van der Waals surface area contributed by atoms with E-state index >= 15 is 0 Å². The molecule has 0 bridgehead atoms. The number of carbonyl (C=O) groups excluding carboxylic acids is 2. The van der Waals surface area contributed by atoms with Crippen molar-refractivity contribution in [3.05, 3.63) is 125 Å². The normalized spacial score (nSPS) is 11.7. The van der Waals surface area contributed by atoms with Gasteiger partial charge in [-0.3, -0.25) is 4.85 Å². The van der Waals surface area contributed by atoms with Crippen molar-refractivity contribution in [2.45, 2.75) is 163 Å². The number of esters is 2. The van der Waals surface area contributed by atoms with Crippen LogP contribution in [-0.4, -0.2) is 135 Å². The first-order chi connectivity index (χ1) is 43.0. The molecule has 4 rings (SSSR count). The number of azo groups is 1. The summed E-state index contributed by atoms with van der Waals surface area (Å²) in [5.41, 5.74) is 1.58. The van der Waals surface area contributed by atoms with Gasteiger partial charge in [-0.2, -0.15) is 15.6 Å². The summed E-state index contributed by atoms with van der Waals surface area (Å²) < 4.78 is 58.7. The van der Waals surface area contributed by atoms with E-state index in [1.54, 1.807) is 61.2 Å². The second-order valence-corrected chi connectivity index (χ2v) is 26.1. The van der Waals surface area contributed by atoms with Crippen molar-refractivity contribution in [2.75, 3.05) is 80.8 Å². The molecule has 0 heterocycles. The topological polar surface area (TPSA) is 250 Å². The van der Waals surface area contributed by atoms with Crippen LogP contribution in [0.25, 0.3) is 10.9 Å². The smallest absolute Gasteiger partial charge is 0.335 e. The fourth-order valence-electron chi connectivity index (χ4n) is 6.59. The molecule has 0 radical (unpaired) electrons. The third-order valence-electron chi connectivity index (χ3n) is 11.7. The number of thiocarbonyl (C=S) groups is 1. The maximum Gasteiger partial charge on any atom is 0.335 e. The summed E-state index contributed by atoms with van der Waals surface area (Å²) in [4.78, 5) is 36.5. The van der Waals surface area contributed by atoms with Crippen LogP contribution >= 0.6 is 24.0 Å². The average Bonchev–Trinajstić information content (AvgIpc) is 0.975. The van der Waals surface area contributed by atoms with Crippen molar-refractivity contribution in [2.24, 2.45) is 10.2 Å². The first-order valence-electron chi connectivity index (χ1n) is 29.9. The number of nitriles is 2. The highest BCUT2D eigenvalue weighted by molar-refractivity contribution is 8.24. The van der Waals surface area contributed by atoms with Crippen LogP contribution in [-0.2, 0) is 38.1 Å². The Bertz CT molecular complexity index is 3000. The van der Waals surface area contributed by atoms with Crippen molar-refractivity contribution in [3.63, 3.8) is 0 Å². The van der Waals surface area contributed by atoms with Crippen LogP contribution in [0.4, 0.5) is 0 Å². The van der Waals surface area contributed by atoms with E-state index in [1.165, 1.54) is 17.3 Å². The number of methoxy groups -OCH3 is 3. The van der Waals surface area contributed by atoms with Crippen molar-refractivity contribution in [1.29, 1.82) is 10.5 Å². The molecular formula is C70H99N5O15S2. The van der Waals surface area contributed by atoms with Crippen LogP contribution < -0.4 is 28.4 Å². The third-order valence-corrected chi connectivity index (χ3v) is 13.2. The summed E-state index contributed by atoms with van der Waals surface area (Å²) in [5, 5.41) is 33.4.